The Morgan fingerprint density at radius 1 is 1.15 bits per heavy atom. The molecule has 1 aromatic carbocycles. The van der Waals surface area contributed by atoms with Gasteiger partial charge in [-0.05, 0) is 23.0 Å². The second kappa shape index (κ2) is 4.15. The molecule has 0 unspecified atom stereocenters. The maximum Gasteiger partial charge on any atom is 0.0474 e. The standard InChI is InChI=1S/C12H17Cl/c1-12(2,3)8-10-5-4-6-11(7-10)9-13/h4-7H,8-9H2,1-3H3. The molecule has 0 aromatic heterocycles. The predicted molar refractivity (Wildman–Crippen MR) is 59.2 cm³/mol. The summed E-state index contributed by atoms with van der Waals surface area (Å²) in [7, 11) is 0. The van der Waals surface area contributed by atoms with E-state index in [9.17, 15) is 0 Å². The van der Waals surface area contributed by atoms with Crippen molar-refractivity contribution in [3.63, 3.8) is 0 Å². The van der Waals surface area contributed by atoms with Crippen molar-refractivity contribution in [3.8, 4) is 0 Å². The first kappa shape index (κ1) is 10.6. The van der Waals surface area contributed by atoms with Crippen LogP contribution in [0.25, 0.3) is 0 Å². The van der Waals surface area contributed by atoms with Crippen LogP contribution in [0.5, 0.6) is 0 Å². The molecule has 0 heterocycles. The molecule has 0 fully saturated rings. The van der Waals surface area contributed by atoms with Crippen LogP contribution in [-0.4, -0.2) is 0 Å². The third kappa shape index (κ3) is 3.82. The first-order valence-electron chi connectivity index (χ1n) is 4.65. The Labute approximate surface area is 85.9 Å². The van der Waals surface area contributed by atoms with Gasteiger partial charge >= 0.3 is 0 Å². The topological polar surface area (TPSA) is 0 Å². The Balaban J connectivity index is 2.78. The fourth-order valence-corrected chi connectivity index (χ4v) is 1.60. The lowest BCUT2D eigenvalue weighted by Gasteiger charge is -2.18. The average Bonchev–Trinajstić information content (AvgIpc) is 2.01. The number of alkyl halides is 1. The Bertz CT molecular complexity index is 271. The van der Waals surface area contributed by atoms with E-state index < -0.39 is 0 Å². The van der Waals surface area contributed by atoms with Crippen molar-refractivity contribution in [1.29, 1.82) is 0 Å². The molecule has 0 nitrogen and oxygen atoms in total. The number of halogens is 1. The zero-order valence-electron chi connectivity index (χ0n) is 8.60. The van der Waals surface area contributed by atoms with Crippen LogP contribution in [0.1, 0.15) is 31.9 Å². The van der Waals surface area contributed by atoms with Gasteiger partial charge in [-0.1, -0.05) is 45.0 Å². The third-order valence-electron chi connectivity index (χ3n) is 1.88. The van der Waals surface area contributed by atoms with E-state index in [1.54, 1.807) is 0 Å². The summed E-state index contributed by atoms with van der Waals surface area (Å²) in [5.41, 5.74) is 2.94. The Morgan fingerprint density at radius 2 is 1.77 bits per heavy atom. The lowest BCUT2D eigenvalue weighted by atomic mass is 9.88. The van der Waals surface area contributed by atoms with Crippen LogP contribution in [0.15, 0.2) is 24.3 Å². The van der Waals surface area contributed by atoms with Gasteiger partial charge in [-0.3, -0.25) is 0 Å². The fourth-order valence-electron chi connectivity index (χ4n) is 1.44. The van der Waals surface area contributed by atoms with Crippen molar-refractivity contribution in [2.45, 2.75) is 33.1 Å². The second-order valence-electron chi connectivity index (χ2n) is 4.69. The van der Waals surface area contributed by atoms with Crippen LogP contribution in [-0.2, 0) is 12.3 Å². The maximum absolute atomic E-state index is 5.77. The number of rotatable bonds is 2. The summed E-state index contributed by atoms with van der Waals surface area (Å²) in [5.74, 6) is 0.609. The summed E-state index contributed by atoms with van der Waals surface area (Å²) < 4.78 is 0. The smallest absolute Gasteiger partial charge is 0.0474 e. The average molecular weight is 197 g/mol. The summed E-state index contributed by atoms with van der Waals surface area (Å²) in [6, 6.07) is 8.51. The van der Waals surface area contributed by atoms with Gasteiger partial charge in [0.05, 0.1) is 0 Å². The molecular weight excluding hydrogens is 180 g/mol. The highest BCUT2D eigenvalue weighted by molar-refractivity contribution is 6.17. The van der Waals surface area contributed by atoms with Gasteiger partial charge in [0, 0.05) is 5.88 Å². The SMILES string of the molecule is CC(C)(C)Cc1cccc(CCl)c1. The highest BCUT2D eigenvalue weighted by atomic mass is 35.5. The molecule has 0 saturated carbocycles. The van der Waals surface area contributed by atoms with E-state index in [1.165, 1.54) is 11.1 Å². The minimum atomic E-state index is 0.352. The van der Waals surface area contributed by atoms with Gasteiger partial charge < -0.3 is 0 Å². The molecule has 0 aliphatic carbocycles. The molecule has 0 amide bonds. The normalized spacial score (nSPS) is 11.7. The summed E-state index contributed by atoms with van der Waals surface area (Å²) >= 11 is 5.77. The van der Waals surface area contributed by atoms with E-state index in [2.05, 4.69) is 45.0 Å². The molecule has 0 aliphatic rings. The third-order valence-corrected chi connectivity index (χ3v) is 2.19. The van der Waals surface area contributed by atoms with E-state index >= 15 is 0 Å². The molecule has 0 bridgehead atoms. The maximum atomic E-state index is 5.77. The van der Waals surface area contributed by atoms with Gasteiger partial charge in [0.25, 0.3) is 0 Å². The number of benzene rings is 1. The monoisotopic (exact) mass is 196 g/mol. The van der Waals surface area contributed by atoms with E-state index in [-0.39, 0.29) is 0 Å². The highest BCUT2D eigenvalue weighted by Gasteiger charge is 2.10. The molecule has 0 aliphatic heterocycles. The molecular formula is C12H17Cl. The molecule has 1 rings (SSSR count). The molecule has 0 atom stereocenters. The second-order valence-corrected chi connectivity index (χ2v) is 4.96. The zero-order chi connectivity index (χ0) is 9.90. The van der Waals surface area contributed by atoms with Crippen LogP contribution >= 0.6 is 11.6 Å². The van der Waals surface area contributed by atoms with E-state index in [0.717, 1.165) is 6.42 Å². The number of hydrogen-bond donors (Lipinski definition) is 0. The van der Waals surface area contributed by atoms with Gasteiger partial charge in [-0.15, -0.1) is 11.6 Å². The van der Waals surface area contributed by atoms with Crippen molar-refractivity contribution in [1.82, 2.24) is 0 Å². The zero-order valence-corrected chi connectivity index (χ0v) is 9.36. The van der Waals surface area contributed by atoms with E-state index in [0.29, 0.717) is 11.3 Å². The van der Waals surface area contributed by atoms with Crippen LogP contribution in [0.3, 0.4) is 0 Å². The quantitative estimate of drug-likeness (QED) is 0.627. The van der Waals surface area contributed by atoms with Crippen molar-refractivity contribution < 1.29 is 0 Å². The summed E-state index contributed by atoms with van der Waals surface area (Å²) in [4.78, 5) is 0. The lowest BCUT2D eigenvalue weighted by molar-refractivity contribution is 0.411. The predicted octanol–water partition coefficient (Wildman–Crippen LogP) is 4.01. The largest absolute Gasteiger partial charge is 0.122 e. The van der Waals surface area contributed by atoms with Crippen molar-refractivity contribution in [3.05, 3.63) is 35.4 Å². The van der Waals surface area contributed by atoms with Crippen LogP contribution in [0, 0.1) is 5.41 Å². The fraction of sp³-hybridized carbons (Fsp3) is 0.500. The minimum absolute atomic E-state index is 0.352. The first-order chi connectivity index (χ1) is 6.01. The van der Waals surface area contributed by atoms with Crippen molar-refractivity contribution in [2.24, 2.45) is 5.41 Å². The lowest BCUT2D eigenvalue weighted by Crippen LogP contribution is -2.09. The summed E-state index contributed by atoms with van der Waals surface area (Å²) in [6.45, 7) is 6.75. The van der Waals surface area contributed by atoms with Crippen molar-refractivity contribution >= 4 is 11.6 Å². The molecule has 13 heavy (non-hydrogen) atoms. The Kier molecular flexibility index (Phi) is 3.38. The van der Waals surface area contributed by atoms with Gasteiger partial charge in [0.1, 0.15) is 0 Å². The molecule has 0 saturated heterocycles. The number of hydrogen-bond acceptors (Lipinski definition) is 0. The Morgan fingerprint density at radius 3 is 2.31 bits per heavy atom. The van der Waals surface area contributed by atoms with Crippen molar-refractivity contribution in [2.75, 3.05) is 0 Å². The van der Waals surface area contributed by atoms with Gasteiger partial charge in [-0.25, -0.2) is 0 Å². The van der Waals surface area contributed by atoms with E-state index in [4.69, 9.17) is 11.6 Å². The molecule has 1 heteroatoms. The molecule has 0 radical (unpaired) electrons. The van der Waals surface area contributed by atoms with Gasteiger partial charge in [0.15, 0.2) is 0 Å². The molecule has 0 spiro atoms. The summed E-state index contributed by atoms with van der Waals surface area (Å²) in [6.07, 6.45) is 1.11. The van der Waals surface area contributed by atoms with E-state index in [1.807, 2.05) is 0 Å². The van der Waals surface area contributed by atoms with Gasteiger partial charge in [0.2, 0.25) is 0 Å². The molecule has 0 N–H and O–H groups in total. The minimum Gasteiger partial charge on any atom is -0.122 e. The first-order valence-corrected chi connectivity index (χ1v) is 5.18. The molecule has 72 valence electrons. The highest BCUT2D eigenvalue weighted by Crippen LogP contribution is 2.21. The van der Waals surface area contributed by atoms with Gasteiger partial charge in [-0.2, -0.15) is 0 Å². The van der Waals surface area contributed by atoms with Crippen LogP contribution in [0.4, 0.5) is 0 Å². The summed E-state index contributed by atoms with van der Waals surface area (Å²) in [5, 5.41) is 0. The molecule has 1 aromatic rings. The Hall–Kier alpha value is -0.490. The van der Waals surface area contributed by atoms with Crippen LogP contribution < -0.4 is 0 Å². The van der Waals surface area contributed by atoms with Crippen LogP contribution in [0.2, 0.25) is 0 Å².